The van der Waals surface area contributed by atoms with Crippen LogP contribution in [0.1, 0.15) is 85.3 Å². The first-order chi connectivity index (χ1) is 34.0. The number of carboxylic acids is 3. The molecule has 1 saturated heterocycles. The molecule has 1 aliphatic rings. The molecule has 1 aliphatic heterocycles. The summed E-state index contributed by atoms with van der Waals surface area (Å²) >= 11 is 0. The molecule has 29 nitrogen and oxygen atoms in total. The molecule has 72 heavy (non-hydrogen) atoms. The van der Waals surface area contributed by atoms with Crippen LogP contribution >= 0.6 is 0 Å². The first-order valence-electron chi connectivity index (χ1n) is 23.4. The number of nitrogens with zero attached hydrogens (tertiary/aromatic N) is 3. The molecule has 0 radical (unpaired) electrons. The van der Waals surface area contributed by atoms with Crippen LogP contribution in [0, 0.1) is 5.92 Å². The first-order valence-corrected chi connectivity index (χ1v) is 23.4. The summed E-state index contributed by atoms with van der Waals surface area (Å²) in [6, 6.07) is -8.54. The Bertz CT molecular complexity index is 1990. The summed E-state index contributed by atoms with van der Waals surface area (Å²) in [7, 11) is 0. The number of aliphatic carboxylic acids is 3. The van der Waals surface area contributed by atoms with E-state index in [-0.39, 0.29) is 26.3 Å². The van der Waals surface area contributed by atoms with Gasteiger partial charge in [0.05, 0.1) is 38.4 Å². The van der Waals surface area contributed by atoms with Crippen LogP contribution in [0.2, 0.25) is 0 Å². The SMILES string of the molecule is CCCCc1cn(CC(=O)NC[C@@H]2O[C@H](C(=O)N[C@@H](CC(=O)O)C(=O)N[C@@H](CCC(=O)O)C(=O)N[C@H](C(=O)N[C@@H](CC(=O)O)C(=O)N[C@@H](C)C(=O)NCCOCCOCCC)C(C)C)[C@H](O)[C@H](O)[C@H]2O)nn1. The highest BCUT2D eigenvalue weighted by atomic mass is 16.5. The minimum atomic E-state index is -2.16. The fourth-order valence-electron chi connectivity index (χ4n) is 6.77. The quantitative estimate of drug-likeness (QED) is 0.0288. The van der Waals surface area contributed by atoms with E-state index in [9.17, 15) is 78.6 Å². The Hall–Kier alpha value is -6.40. The lowest BCUT2D eigenvalue weighted by Crippen LogP contribution is -2.65. The number of aliphatic hydroxyl groups excluding tert-OH is 3. The van der Waals surface area contributed by atoms with Gasteiger partial charge >= 0.3 is 17.9 Å². The highest BCUT2D eigenvalue weighted by molar-refractivity contribution is 5.98. The van der Waals surface area contributed by atoms with Gasteiger partial charge in [0.2, 0.25) is 35.4 Å². The van der Waals surface area contributed by atoms with E-state index in [1.165, 1.54) is 25.5 Å². The number of unbranched alkanes of at least 4 members (excludes halogenated alkanes) is 1. The van der Waals surface area contributed by atoms with Gasteiger partial charge in [-0.1, -0.05) is 39.3 Å². The normalized spacial score (nSPS) is 19.6. The molecule has 406 valence electrons. The Morgan fingerprint density at radius 1 is 0.681 bits per heavy atom. The third-order valence-electron chi connectivity index (χ3n) is 10.7. The predicted molar refractivity (Wildman–Crippen MR) is 245 cm³/mol. The summed E-state index contributed by atoms with van der Waals surface area (Å²) in [6.45, 7) is 8.70. The number of nitrogens with one attached hydrogen (secondary N) is 7. The second kappa shape index (κ2) is 31.8. The minimum Gasteiger partial charge on any atom is -0.481 e. The van der Waals surface area contributed by atoms with Crippen LogP contribution in [-0.4, -0.2) is 205 Å². The Morgan fingerprint density at radius 3 is 1.88 bits per heavy atom. The van der Waals surface area contributed by atoms with Crippen molar-refractivity contribution < 1.29 is 92.8 Å². The lowest BCUT2D eigenvalue weighted by atomic mass is 9.94. The summed E-state index contributed by atoms with van der Waals surface area (Å²) in [4.78, 5) is 128. The van der Waals surface area contributed by atoms with Gasteiger partial charge in [0, 0.05) is 32.3 Å². The van der Waals surface area contributed by atoms with Crippen molar-refractivity contribution in [1.82, 2.24) is 52.2 Å². The zero-order valence-corrected chi connectivity index (χ0v) is 40.9. The van der Waals surface area contributed by atoms with E-state index in [2.05, 4.69) is 42.2 Å². The summed E-state index contributed by atoms with van der Waals surface area (Å²) in [6.07, 6.45) is -8.49. The van der Waals surface area contributed by atoms with Crippen molar-refractivity contribution in [2.24, 2.45) is 5.92 Å². The molecule has 2 rings (SSSR count). The number of aromatic nitrogens is 3. The number of aryl methyl sites for hydroxylation is 1. The van der Waals surface area contributed by atoms with E-state index in [0.717, 1.165) is 19.3 Å². The van der Waals surface area contributed by atoms with Crippen LogP contribution in [-0.2, 0) is 75.1 Å². The van der Waals surface area contributed by atoms with Crippen molar-refractivity contribution in [3.63, 3.8) is 0 Å². The maximum absolute atomic E-state index is 13.7. The molecule has 1 fully saturated rings. The molecule has 0 unspecified atom stereocenters. The number of carbonyl (C=O) groups is 10. The third-order valence-corrected chi connectivity index (χ3v) is 10.7. The number of carboxylic acid groups (broad SMARTS) is 3. The summed E-state index contributed by atoms with van der Waals surface area (Å²) in [5.74, 6) is -13.0. The molecule has 7 amide bonds. The number of ether oxygens (including phenoxy) is 3. The van der Waals surface area contributed by atoms with Gasteiger partial charge in [-0.2, -0.15) is 0 Å². The van der Waals surface area contributed by atoms with Gasteiger partial charge in [-0.3, -0.25) is 47.9 Å². The van der Waals surface area contributed by atoms with E-state index < -0.39 is 158 Å². The number of amides is 7. The highest BCUT2D eigenvalue weighted by Crippen LogP contribution is 2.22. The van der Waals surface area contributed by atoms with Crippen LogP contribution in [0.3, 0.4) is 0 Å². The lowest BCUT2D eigenvalue weighted by Gasteiger charge is -2.40. The molecular weight excluding hydrogens is 961 g/mol. The topological polar surface area (TPSA) is 435 Å². The molecule has 0 bridgehead atoms. The number of hydrogen-bond donors (Lipinski definition) is 13. The fraction of sp³-hybridized carbons (Fsp3) is 0.721. The van der Waals surface area contributed by atoms with E-state index >= 15 is 0 Å². The van der Waals surface area contributed by atoms with E-state index in [4.69, 9.17) is 14.2 Å². The van der Waals surface area contributed by atoms with Crippen LogP contribution in [0.25, 0.3) is 0 Å². The van der Waals surface area contributed by atoms with Crippen LogP contribution in [0.15, 0.2) is 6.20 Å². The van der Waals surface area contributed by atoms with Crippen molar-refractivity contribution in [3.8, 4) is 0 Å². The van der Waals surface area contributed by atoms with E-state index in [1.54, 1.807) is 6.20 Å². The van der Waals surface area contributed by atoms with Gasteiger partial charge in [0.15, 0.2) is 6.10 Å². The average Bonchev–Trinajstić information content (AvgIpc) is 3.76. The third kappa shape index (κ3) is 21.9. The van der Waals surface area contributed by atoms with Crippen molar-refractivity contribution in [2.45, 2.75) is 153 Å². The van der Waals surface area contributed by atoms with Crippen LogP contribution in [0.5, 0.6) is 0 Å². The van der Waals surface area contributed by atoms with E-state index in [0.29, 0.717) is 25.3 Å². The fourth-order valence-corrected chi connectivity index (χ4v) is 6.77. The summed E-state index contributed by atoms with van der Waals surface area (Å²) in [5.41, 5.74) is 0.655. The molecule has 29 heteroatoms. The van der Waals surface area contributed by atoms with Crippen molar-refractivity contribution in [3.05, 3.63) is 11.9 Å². The Morgan fingerprint density at radius 2 is 1.28 bits per heavy atom. The number of aliphatic hydroxyl groups is 3. The molecule has 0 aliphatic carbocycles. The Kier molecular flexibility index (Phi) is 27.3. The maximum Gasteiger partial charge on any atom is 0.305 e. The number of carbonyl (C=O) groups excluding carboxylic acids is 7. The minimum absolute atomic E-state index is 0.0636. The molecule has 2 heterocycles. The zero-order chi connectivity index (χ0) is 54.1. The van der Waals surface area contributed by atoms with Gasteiger partial charge in [0.1, 0.15) is 61.2 Å². The van der Waals surface area contributed by atoms with Crippen molar-refractivity contribution >= 4 is 59.3 Å². The van der Waals surface area contributed by atoms with Crippen LogP contribution in [0.4, 0.5) is 0 Å². The second-order valence-electron chi connectivity index (χ2n) is 17.2. The molecule has 1 aromatic heterocycles. The highest BCUT2D eigenvalue weighted by Gasteiger charge is 2.47. The maximum atomic E-state index is 13.7. The predicted octanol–water partition coefficient (Wildman–Crippen LogP) is -4.94. The molecule has 1 aromatic rings. The first kappa shape index (κ1) is 61.7. The smallest absolute Gasteiger partial charge is 0.305 e. The summed E-state index contributed by atoms with van der Waals surface area (Å²) in [5, 5.41) is 84.4. The molecule has 13 N–H and O–H groups in total. The monoisotopic (exact) mass is 1030 g/mol. The number of rotatable bonds is 34. The Labute approximate surface area is 414 Å². The second-order valence-corrected chi connectivity index (χ2v) is 17.2. The van der Waals surface area contributed by atoms with Gasteiger partial charge < -0.3 is 82.1 Å². The largest absolute Gasteiger partial charge is 0.481 e. The van der Waals surface area contributed by atoms with Gasteiger partial charge in [-0.05, 0) is 38.5 Å². The Balaban J connectivity index is 2.17. The average molecular weight is 1030 g/mol. The van der Waals surface area contributed by atoms with Gasteiger partial charge in [-0.15, -0.1) is 5.10 Å². The lowest BCUT2D eigenvalue weighted by molar-refractivity contribution is -0.219. The standard InChI is InChI=1S/C43H70N10O19/c1-6-8-9-24-20-53(52-51-24)21-29(54)45-19-28-34(61)35(62)36(63)37(72-28)43(69)49-27(18-32(59)60)41(67)47-25(10-11-30(55)56)39(65)50-33(22(3)4)42(68)48-26(17-31(57)58)40(66)46-23(5)38(64)44-12-14-71-16-15-70-13-7-2/h20,22-23,25-28,33-37,61-63H,6-19,21H2,1-5H3,(H,44,64)(H,45,54)(H,46,66)(H,47,67)(H,48,68)(H,49,69)(H,50,65)(H,55,56)(H,57,58)(H,59,60)/t23-,25-,26-,27-,28-,33-,34-,35+,36+,37-/m0/s1. The zero-order valence-electron chi connectivity index (χ0n) is 40.9. The molecule has 0 aromatic carbocycles. The summed E-state index contributed by atoms with van der Waals surface area (Å²) < 4.78 is 17.4. The van der Waals surface area contributed by atoms with Gasteiger partial charge in [-0.25, -0.2) is 4.68 Å². The molecular formula is C43H70N10O19. The molecule has 10 atom stereocenters. The molecule has 0 spiro atoms. The molecule has 0 saturated carbocycles. The van der Waals surface area contributed by atoms with Crippen LogP contribution < -0.4 is 37.2 Å². The van der Waals surface area contributed by atoms with E-state index in [1.807, 2.05) is 19.2 Å². The van der Waals surface area contributed by atoms with Crippen molar-refractivity contribution in [1.29, 1.82) is 0 Å². The van der Waals surface area contributed by atoms with Gasteiger partial charge in [0.25, 0.3) is 5.91 Å². The van der Waals surface area contributed by atoms with Crippen molar-refractivity contribution in [2.75, 3.05) is 39.5 Å². The number of hydrogen-bond acceptors (Lipinski definition) is 18.